The number of amides is 1. The Bertz CT molecular complexity index is 595. The highest BCUT2D eigenvalue weighted by molar-refractivity contribution is 9.10. The number of oxazole rings is 1. The summed E-state index contributed by atoms with van der Waals surface area (Å²) in [6, 6.07) is 7.63. The Labute approximate surface area is 119 Å². The van der Waals surface area contributed by atoms with Crippen molar-refractivity contribution in [1.29, 1.82) is 0 Å². The zero-order valence-electron chi connectivity index (χ0n) is 10.6. The summed E-state index contributed by atoms with van der Waals surface area (Å²) in [5.74, 6) is 0.861. The van der Waals surface area contributed by atoms with Crippen molar-refractivity contribution in [1.82, 2.24) is 10.5 Å². The molecule has 0 spiro atoms. The number of aryl methyl sites for hydroxylation is 1. The molecular weight excluding hydrogens is 312 g/mol. The summed E-state index contributed by atoms with van der Waals surface area (Å²) < 4.78 is 6.53. The van der Waals surface area contributed by atoms with Gasteiger partial charge in [-0.05, 0) is 25.1 Å². The number of rotatable bonds is 4. The highest BCUT2D eigenvalue weighted by atomic mass is 79.9. The van der Waals surface area contributed by atoms with E-state index >= 15 is 0 Å². The average Bonchev–Trinajstić information content (AvgIpc) is 2.71. The molecule has 5 nitrogen and oxygen atoms in total. The Morgan fingerprint density at radius 3 is 3.00 bits per heavy atom. The van der Waals surface area contributed by atoms with E-state index in [1.54, 1.807) is 6.92 Å². The first kappa shape index (κ1) is 13.8. The molecule has 1 amide bonds. The monoisotopic (exact) mass is 324 g/mol. The van der Waals surface area contributed by atoms with Crippen LogP contribution in [0.15, 0.2) is 33.2 Å². The van der Waals surface area contributed by atoms with Crippen LogP contribution in [0.25, 0.3) is 11.5 Å². The minimum absolute atomic E-state index is 0.122. The molecule has 0 radical (unpaired) electrons. The number of nitrogens with one attached hydrogen (secondary N) is 1. The van der Waals surface area contributed by atoms with Crippen molar-refractivity contribution in [3.63, 3.8) is 0 Å². The second-order valence-electron chi connectivity index (χ2n) is 3.94. The molecule has 0 aliphatic rings. The third-order valence-electron chi connectivity index (χ3n) is 2.51. The van der Waals surface area contributed by atoms with Gasteiger partial charge in [0.05, 0.1) is 19.2 Å². The molecule has 1 N–H and O–H groups in total. The van der Waals surface area contributed by atoms with Gasteiger partial charge in [0.15, 0.2) is 0 Å². The van der Waals surface area contributed by atoms with Gasteiger partial charge in [-0.25, -0.2) is 10.5 Å². The lowest BCUT2D eigenvalue weighted by molar-refractivity contribution is -0.130. The van der Waals surface area contributed by atoms with Crippen molar-refractivity contribution in [2.75, 3.05) is 7.11 Å². The quantitative estimate of drug-likeness (QED) is 0.878. The van der Waals surface area contributed by atoms with Gasteiger partial charge in [0.1, 0.15) is 5.76 Å². The summed E-state index contributed by atoms with van der Waals surface area (Å²) in [6.45, 7) is 1.78. The largest absolute Gasteiger partial charge is 0.441 e. The molecule has 0 saturated heterocycles. The molecule has 0 fully saturated rings. The molecule has 19 heavy (non-hydrogen) atoms. The van der Waals surface area contributed by atoms with Crippen LogP contribution in [0.2, 0.25) is 0 Å². The third kappa shape index (κ3) is 3.42. The van der Waals surface area contributed by atoms with Crippen molar-refractivity contribution in [3.05, 3.63) is 40.2 Å². The summed E-state index contributed by atoms with van der Waals surface area (Å²) in [7, 11) is 1.39. The van der Waals surface area contributed by atoms with Crippen molar-refractivity contribution < 1.29 is 14.0 Å². The van der Waals surface area contributed by atoms with Crippen LogP contribution < -0.4 is 5.48 Å². The van der Waals surface area contributed by atoms with Crippen LogP contribution in [-0.2, 0) is 16.1 Å². The van der Waals surface area contributed by atoms with Gasteiger partial charge in [-0.3, -0.25) is 9.63 Å². The van der Waals surface area contributed by atoms with E-state index in [0.717, 1.165) is 10.0 Å². The van der Waals surface area contributed by atoms with E-state index in [0.29, 0.717) is 17.3 Å². The first-order valence-corrected chi connectivity index (χ1v) is 6.43. The van der Waals surface area contributed by atoms with E-state index in [1.807, 2.05) is 24.3 Å². The van der Waals surface area contributed by atoms with Crippen LogP contribution in [0, 0.1) is 6.92 Å². The Hall–Kier alpha value is -1.66. The maximum absolute atomic E-state index is 11.4. The van der Waals surface area contributed by atoms with Gasteiger partial charge in [-0.2, -0.15) is 0 Å². The number of hydroxylamine groups is 1. The lowest BCUT2D eigenvalue weighted by Crippen LogP contribution is -2.24. The molecule has 1 aromatic heterocycles. The predicted molar refractivity (Wildman–Crippen MR) is 73.2 cm³/mol. The van der Waals surface area contributed by atoms with E-state index < -0.39 is 0 Å². The molecule has 0 atom stereocenters. The highest BCUT2D eigenvalue weighted by Crippen LogP contribution is 2.24. The van der Waals surface area contributed by atoms with E-state index in [9.17, 15) is 4.79 Å². The van der Waals surface area contributed by atoms with E-state index in [2.05, 4.69) is 31.2 Å². The summed E-state index contributed by atoms with van der Waals surface area (Å²) in [4.78, 5) is 20.3. The maximum Gasteiger partial charge on any atom is 0.249 e. The fraction of sp³-hybridized carbons (Fsp3) is 0.231. The molecular formula is C13H13BrN2O3. The van der Waals surface area contributed by atoms with E-state index in [1.165, 1.54) is 7.11 Å². The van der Waals surface area contributed by atoms with Crippen molar-refractivity contribution in [2.45, 2.75) is 13.3 Å². The number of hydrogen-bond acceptors (Lipinski definition) is 4. The van der Waals surface area contributed by atoms with E-state index in [4.69, 9.17) is 4.42 Å². The molecule has 2 aromatic rings. The first-order valence-electron chi connectivity index (χ1n) is 5.64. The van der Waals surface area contributed by atoms with Crippen LogP contribution in [-0.4, -0.2) is 18.0 Å². The molecule has 0 aliphatic carbocycles. The second kappa shape index (κ2) is 5.99. The second-order valence-corrected chi connectivity index (χ2v) is 4.85. The van der Waals surface area contributed by atoms with Gasteiger partial charge in [-0.15, -0.1) is 0 Å². The van der Waals surface area contributed by atoms with Gasteiger partial charge in [0.25, 0.3) is 0 Å². The van der Waals surface area contributed by atoms with Gasteiger partial charge in [-0.1, -0.05) is 22.0 Å². The van der Waals surface area contributed by atoms with Crippen molar-refractivity contribution in [3.8, 4) is 11.5 Å². The first-order chi connectivity index (χ1) is 9.10. The van der Waals surface area contributed by atoms with Gasteiger partial charge in [0, 0.05) is 10.0 Å². The number of nitrogens with zero attached hydrogens (tertiary/aromatic N) is 1. The van der Waals surface area contributed by atoms with Crippen LogP contribution in [0.1, 0.15) is 11.5 Å². The molecule has 0 bridgehead atoms. The summed E-state index contributed by atoms with van der Waals surface area (Å²) >= 11 is 3.40. The number of carbonyl (C=O) groups excluding carboxylic acids is 1. The summed E-state index contributed by atoms with van der Waals surface area (Å²) in [6.07, 6.45) is 0.122. The number of benzene rings is 1. The third-order valence-corrected chi connectivity index (χ3v) is 3.00. The Morgan fingerprint density at radius 2 is 2.32 bits per heavy atom. The summed E-state index contributed by atoms with van der Waals surface area (Å²) in [5.41, 5.74) is 3.71. The van der Waals surface area contributed by atoms with Crippen LogP contribution >= 0.6 is 15.9 Å². The smallest absolute Gasteiger partial charge is 0.249 e. The summed E-state index contributed by atoms with van der Waals surface area (Å²) in [5, 5.41) is 0. The Balaban J connectivity index is 2.23. The Kier molecular flexibility index (Phi) is 4.34. The molecule has 0 saturated carbocycles. The highest BCUT2D eigenvalue weighted by Gasteiger charge is 2.14. The molecule has 1 heterocycles. The number of hydrogen-bond donors (Lipinski definition) is 1. The normalized spacial score (nSPS) is 10.5. The van der Waals surface area contributed by atoms with E-state index in [-0.39, 0.29) is 12.3 Å². The zero-order valence-corrected chi connectivity index (χ0v) is 12.2. The average molecular weight is 325 g/mol. The molecule has 0 aliphatic heterocycles. The predicted octanol–water partition coefficient (Wildman–Crippen LogP) is 2.63. The van der Waals surface area contributed by atoms with Gasteiger partial charge < -0.3 is 4.42 Å². The molecule has 1 aromatic carbocycles. The SMILES string of the molecule is CONC(=O)Cc1nc(-c2cccc(Br)c2)oc1C. The minimum Gasteiger partial charge on any atom is -0.441 e. The van der Waals surface area contributed by atoms with Crippen LogP contribution in [0.5, 0.6) is 0 Å². The van der Waals surface area contributed by atoms with Crippen LogP contribution in [0.4, 0.5) is 0 Å². The topological polar surface area (TPSA) is 64.4 Å². The number of aromatic nitrogens is 1. The minimum atomic E-state index is -0.264. The lowest BCUT2D eigenvalue weighted by Gasteiger charge is -1.98. The number of carbonyl (C=O) groups is 1. The van der Waals surface area contributed by atoms with Crippen LogP contribution in [0.3, 0.4) is 0 Å². The molecule has 0 unspecified atom stereocenters. The molecule has 100 valence electrons. The van der Waals surface area contributed by atoms with Gasteiger partial charge >= 0.3 is 0 Å². The van der Waals surface area contributed by atoms with Crippen molar-refractivity contribution in [2.24, 2.45) is 0 Å². The maximum atomic E-state index is 11.4. The molecule has 2 rings (SSSR count). The lowest BCUT2D eigenvalue weighted by atomic mass is 10.2. The fourth-order valence-electron chi connectivity index (χ4n) is 1.64. The van der Waals surface area contributed by atoms with Crippen molar-refractivity contribution >= 4 is 21.8 Å². The van der Waals surface area contributed by atoms with Gasteiger partial charge in [0.2, 0.25) is 11.8 Å². The zero-order chi connectivity index (χ0) is 13.8. The fourth-order valence-corrected chi connectivity index (χ4v) is 2.04. The standard InChI is InChI=1S/C13H13BrN2O3/c1-8-11(7-12(17)16-18-2)15-13(19-8)9-4-3-5-10(14)6-9/h3-6H,7H2,1-2H3,(H,16,17). The number of halogens is 1. The Morgan fingerprint density at radius 1 is 1.53 bits per heavy atom. The molecule has 6 heteroatoms.